The minimum atomic E-state index is -0.270. The number of nitrogens with zero attached hydrogens (tertiary/aromatic N) is 1. The second kappa shape index (κ2) is 5.24. The van der Waals surface area contributed by atoms with Crippen molar-refractivity contribution in [2.75, 3.05) is 18.8 Å². The van der Waals surface area contributed by atoms with Crippen molar-refractivity contribution in [3.05, 3.63) is 0 Å². The molecule has 0 aromatic carbocycles. The highest BCUT2D eigenvalue weighted by atomic mass is 32.2. The molecule has 1 heterocycles. The van der Waals surface area contributed by atoms with Crippen LogP contribution < -0.4 is 5.32 Å². The summed E-state index contributed by atoms with van der Waals surface area (Å²) in [7, 11) is 0. The minimum Gasteiger partial charge on any atom is -0.327 e. The van der Waals surface area contributed by atoms with Crippen LogP contribution in [0.15, 0.2) is 0 Å². The van der Waals surface area contributed by atoms with Crippen molar-refractivity contribution in [3.63, 3.8) is 0 Å². The number of hydrogen-bond acceptors (Lipinski definition) is 3. The lowest BCUT2D eigenvalue weighted by Crippen LogP contribution is -2.45. The Morgan fingerprint density at radius 1 is 1.57 bits per heavy atom. The van der Waals surface area contributed by atoms with Crippen LogP contribution in [0.25, 0.3) is 0 Å². The second-order valence-corrected chi connectivity index (χ2v) is 4.23. The molecule has 0 saturated carbocycles. The Bertz CT molecular complexity index is 229. The SMILES string of the molecule is CCN(CC)C(=O)NC1CCSC1=O. The maximum absolute atomic E-state index is 11.6. The third-order valence-corrected chi connectivity index (χ3v) is 3.29. The van der Waals surface area contributed by atoms with E-state index in [2.05, 4.69) is 5.32 Å². The minimum absolute atomic E-state index is 0.0884. The number of rotatable bonds is 3. The average molecular weight is 216 g/mol. The zero-order valence-electron chi connectivity index (χ0n) is 8.58. The van der Waals surface area contributed by atoms with Gasteiger partial charge in [0.1, 0.15) is 6.04 Å². The van der Waals surface area contributed by atoms with Crippen molar-refractivity contribution >= 4 is 22.9 Å². The largest absolute Gasteiger partial charge is 0.327 e. The van der Waals surface area contributed by atoms with E-state index in [9.17, 15) is 9.59 Å². The predicted octanol–water partition coefficient (Wildman–Crippen LogP) is 1.07. The molecule has 1 fully saturated rings. The second-order valence-electron chi connectivity index (χ2n) is 3.13. The summed E-state index contributed by atoms with van der Waals surface area (Å²) in [6.45, 7) is 5.20. The predicted molar refractivity (Wildman–Crippen MR) is 57.3 cm³/mol. The van der Waals surface area contributed by atoms with Gasteiger partial charge in [0.15, 0.2) is 0 Å². The molecule has 1 rings (SSSR count). The van der Waals surface area contributed by atoms with Gasteiger partial charge in [0.05, 0.1) is 0 Å². The molecule has 0 spiro atoms. The Morgan fingerprint density at radius 3 is 2.64 bits per heavy atom. The maximum Gasteiger partial charge on any atom is 0.317 e. The van der Waals surface area contributed by atoms with Crippen LogP contribution in [-0.2, 0) is 4.79 Å². The van der Waals surface area contributed by atoms with Gasteiger partial charge in [0.25, 0.3) is 0 Å². The van der Waals surface area contributed by atoms with Crippen molar-refractivity contribution in [1.29, 1.82) is 0 Å². The van der Waals surface area contributed by atoms with E-state index in [0.717, 1.165) is 12.2 Å². The first kappa shape index (κ1) is 11.4. The highest BCUT2D eigenvalue weighted by Crippen LogP contribution is 2.19. The van der Waals surface area contributed by atoms with Crippen molar-refractivity contribution in [2.24, 2.45) is 0 Å². The number of thioether (sulfide) groups is 1. The summed E-state index contributed by atoms with van der Waals surface area (Å²) in [5.74, 6) is 0.821. The molecule has 0 aromatic rings. The van der Waals surface area contributed by atoms with E-state index in [1.807, 2.05) is 13.8 Å². The van der Waals surface area contributed by atoms with E-state index in [1.54, 1.807) is 4.90 Å². The lowest BCUT2D eigenvalue weighted by atomic mass is 10.2. The number of urea groups is 1. The first-order valence-corrected chi connectivity index (χ1v) is 5.89. The molecule has 1 N–H and O–H groups in total. The summed E-state index contributed by atoms with van der Waals surface area (Å²) < 4.78 is 0. The summed E-state index contributed by atoms with van der Waals surface area (Å²) >= 11 is 1.30. The maximum atomic E-state index is 11.6. The van der Waals surface area contributed by atoms with Gasteiger partial charge in [0, 0.05) is 18.8 Å². The van der Waals surface area contributed by atoms with Crippen LogP contribution >= 0.6 is 11.8 Å². The Kier molecular flexibility index (Phi) is 4.25. The number of nitrogens with one attached hydrogen (secondary N) is 1. The fourth-order valence-electron chi connectivity index (χ4n) is 1.38. The number of amides is 2. The van der Waals surface area contributed by atoms with E-state index in [0.29, 0.717) is 13.1 Å². The monoisotopic (exact) mass is 216 g/mol. The summed E-state index contributed by atoms with van der Waals surface area (Å²) in [6, 6.07) is -0.399. The van der Waals surface area contributed by atoms with Crippen molar-refractivity contribution in [2.45, 2.75) is 26.3 Å². The van der Waals surface area contributed by atoms with Gasteiger partial charge in [-0.25, -0.2) is 4.79 Å². The standard InChI is InChI=1S/C9H16N2O2S/c1-3-11(4-2)9(13)10-7-5-6-14-8(7)12/h7H,3-6H2,1-2H3,(H,10,13). The normalized spacial score (nSPS) is 21.0. The molecule has 0 bridgehead atoms. The van der Waals surface area contributed by atoms with Gasteiger partial charge in [0.2, 0.25) is 5.12 Å². The Morgan fingerprint density at radius 2 is 2.21 bits per heavy atom. The molecule has 14 heavy (non-hydrogen) atoms. The fraction of sp³-hybridized carbons (Fsp3) is 0.778. The third-order valence-electron chi connectivity index (χ3n) is 2.28. The molecular formula is C9H16N2O2S. The van der Waals surface area contributed by atoms with Crippen LogP contribution in [-0.4, -0.2) is 40.9 Å². The average Bonchev–Trinajstić information content (AvgIpc) is 2.54. The van der Waals surface area contributed by atoms with Gasteiger partial charge < -0.3 is 10.2 Å². The van der Waals surface area contributed by atoms with E-state index in [1.165, 1.54) is 11.8 Å². The Labute approximate surface area is 88.4 Å². The first-order chi connectivity index (χ1) is 6.69. The van der Waals surface area contributed by atoms with Crippen LogP contribution in [0, 0.1) is 0 Å². The van der Waals surface area contributed by atoms with Gasteiger partial charge in [-0.15, -0.1) is 0 Å². The third kappa shape index (κ3) is 2.64. The molecule has 4 nitrogen and oxygen atoms in total. The fourth-order valence-corrected chi connectivity index (χ4v) is 2.31. The quantitative estimate of drug-likeness (QED) is 0.767. The summed E-state index contributed by atoms with van der Waals surface area (Å²) in [4.78, 5) is 24.5. The molecule has 5 heteroatoms. The van der Waals surface area contributed by atoms with E-state index < -0.39 is 0 Å². The number of carbonyl (C=O) groups excluding carboxylic acids is 2. The summed E-state index contributed by atoms with van der Waals surface area (Å²) in [5, 5.41) is 2.84. The molecule has 1 aliphatic heterocycles. The molecule has 1 unspecified atom stereocenters. The van der Waals surface area contributed by atoms with E-state index >= 15 is 0 Å². The molecule has 2 amide bonds. The zero-order chi connectivity index (χ0) is 10.6. The molecule has 0 aromatic heterocycles. The lowest BCUT2D eigenvalue weighted by molar-refractivity contribution is -0.112. The van der Waals surface area contributed by atoms with Gasteiger partial charge in [-0.1, -0.05) is 11.8 Å². The van der Waals surface area contributed by atoms with E-state index in [-0.39, 0.29) is 17.2 Å². The van der Waals surface area contributed by atoms with Crippen LogP contribution in [0.2, 0.25) is 0 Å². The van der Waals surface area contributed by atoms with Crippen LogP contribution in [0.1, 0.15) is 20.3 Å². The van der Waals surface area contributed by atoms with Crippen LogP contribution in [0.3, 0.4) is 0 Å². The topological polar surface area (TPSA) is 49.4 Å². The van der Waals surface area contributed by atoms with Gasteiger partial charge in [-0.2, -0.15) is 0 Å². The van der Waals surface area contributed by atoms with Crippen molar-refractivity contribution in [3.8, 4) is 0 Å². The molecule has 0 aliphatic carbocycles. The molecule has 1 atom stereocenters. The Hall–Kier alpha value is -0.710. The first-order valence-electron chi connectivity index (χ1n) is 4.91. The molecule has 1 saturated heterocycles. The number of hydrogen-bond donors (Lipinski definition) is 1. The van der Waals surface area contributed by atoms with E-state index in [4.69, 9.17) is 0 Å². The summed E-state index contributed by atoms with van der Waals surface area (Å²) in [6.07, 6.45) is 0.760. The Balaban J connectivity index is 2.43. The summed E-state index contributed by atoms with van der Waals surface area (Å²) in [5.41, 5.74) is 0. The van der Waals surface area contributed by atoms with Crippen molar-refractivity contribution in [1.82, 2.24) is 10.2 Å². The van der Waals surface area contributed by atoms with Crippen LogP contribution in [0.5, 0.6) is 0 Å². The van der Waals surface area contributed by atoms with Gasteiger partial charge >= 0.3 is 6.03 Å². The highest BCUT2D eigenvalue weighted by Gasteiger charge is 2.27. The molecule has 1 aliphatic rings. The highest BCUT2D eigenvalue weighted by molar-refractivity contribution is 8.14. The van der Waals surface area contributed by atoms with Crippen LogP contribution in [0.4, 0.5) is 4.79 Å². The molecule has 0 radical (unpaired) electrons. The molecule has 80 valence electrons. The van der Waals surface area contributed by atoms with Crippen molar-refractivity contribution < 1.29 is 9.59 Å². The van der Waals surface area contributed by atoms with Gasteiger partial charge in [-0.05, 0) is 20.3 Å². The number of carbonyl (C=O) groups is 2. The zero-order valence-corrected chi connectivity index (χ0v) is 9.39. The molecular weight excluding hydrogens is 200 g/mol. The van der Waals surface area contributed by atoms with Gasteiger partial charge in [-0.3, -0.25) is 4.79 Å². The smallest absolute Gasteiger partial charge is 0.317 e. The lowest BCUT2D eigenvalue weighted by Gasteiger charge is -2.21.